The molecule has 3 aliphatic rings. The first-order chi connectivity index (χ1) is 16.0. The molecule has 0 fully saturated rings. The minimum atomic E-state index is -0.438. The third-order valence-electron chi connectivity index (χ3n) is 7.25. The van der Waals surface area contributed by atoms with Crippen LogP contribution in [0.25, 0.3) is 16.6 Å². The van der Waals surface area contributed by atoms with Gasteiger partial charge in [-0.25, -0.2) is 9.18 Å². The molecule has 33 heavy (non-hydrogen) atoms. The van der Waals surface area contributed by atoms with E-state index in [0.717, 1.165) is 40.9 Å². The number of amides is 2. The van der Waals surface area contributed by atoms with Gasteiger partial charge in [0.1, 0.15) is 11.6 Å². The van der Waals surface area contributed by atoms with Crippen molar-refractivity contribution in [3.63, 3.8) is 0 Å². The third-order valence-corrected chi connectivity index (χ3v) is 7.25. The van der Waals surface area contributed by atoms with Crippen molar-refractivity contribution in [2.45, 2.75) is 18.8 Å². The monoisotopic (exact) mass is 445 g/mol. The summed E-state index contributed by atoms with van der Waals surface area (Å²) in [7, 11) is 0. The minimum absolute atomic E-state index is 0.120. The van der Waals surface area contributed by atoms with Crippen LogP contribution in [0.15, 0.2) is 47.7 Å². The third kappa shape index (κ3) is 2.86. The molecule has 168 valence electrons. The summed E-state index contributed by atoms with van der Waals surface area (Å²) in [5.41, 5.74) is 18.5. The van der Waals surface area contributed by atoms with Crippen molar-refractivity contribution in [3.05, 3.63) is 70.4 Å². The number of nitrogens with two attached hydrogens (primary N) is 2. The highest BCUT2D eigenvalue weighted by Gasteiger charge is 2.44. The van der Waals surface area contributed by atoms with Crippen LogP contribution in [0.2, 0.25) is 0 Å². The summed E-state index contributed by atoms with van der Waals surface area (Å²) in [6.45, 7) is 1.51. The molecule has 2 unspecified atom stereocenters. The molecule has 3 heterocycles. The highest BCUT2D eigenvalue weighted by Crippen LogP contribution is 2.51. The molecule has 2 aromatic carbocycles. The second-order valence-electron chi connectivity index (χ2n) is 9.01. The van der Waals surface area contributed by atoms with Gasteiger partial charge in [-0.2, -0.15) is 0 Å². The van der Waals surface area contributed by atoms with Gasteiger partial charge in [0.05, 0.1) is 18.7 Å². The van der Waals surface area contributed by atoms with Crippen LogP contribution in [0.4, 0.5) is 14.9 Å². The quantitative estimate of drug-likeness (QED) is 0.413. The Bertz CT molecular complexity index is 1360. The number of ether oxygens (including phenoxy) is 1. The number of nitrogens with one attached hydrogen (secondary N) is 1. The van der Waals surface area contributed by atoms with E-state index >= 15 is 0 Å². The summed E-state index contributed by atoms with van der Waals surface area (Å²) in [6, 6.07) is 9.94. The lowest BCUT2D eigenvalue weighted by molar-refractivity contribution is 0.114. The summed E-state index contributed by atoms with van der Waals surface area (Å²) < 4.78 is 22.0. The number of aromatic nitrogens is 1. The van der Waals surface area contributed by atoms with Crippen molar-refractivity contribution in [3.8, 4) is 5.69 Å². The van der Waals surface area contributed by atoms with Gasteiger partial charge in [-0.15, -0.1) is 0 Å². The highest BCUT2D eigenvalue weighted by atomic mass is 19.1. The van der Waals surface area contributed by atoms with E-state index in [1.165, 1.54) is 29.5 Å². The topological polar surface area (TPSA) is 110 Å². The summed E-state index contributed by atoms with van der Waals surface area (Å²) >= 11 is 0. The van der Waals surface area contributed by atoms with Gasteiger partial charge in [0, 0.05) is 52.6 Å². The summed E-state index contributed by atoms with van der Waals surface area (Å²) in [5.74, 6) is 0.806. The Hall–Kier alpha value is -3.81. The average molecular weight is 445 g/mol. The van der Waals surface area contributed by atoms with Crippen molar-refractivity contribution >= 4 is 28.8 Å². The van der Waals surface area contributed by atoms with Crippen LogP contribution in [-0.2, 0) is 11.2 Å². The van der Waals surface area contributed by atoms with Gasteiger partial charge in [-0.3, -0.25) is 0 Å². The lowest BCUT2D eigenvalue weighted by Crippen LogP contribution is -2.48. The maximum atomic E-state index is 13.8. The Kier molecular flexibility index (Phi) is 4.27. The van der Waals surface area contributed by atoms with Crippen molar-refractivity contribution in [2.24, 2.45) is 11.7 Å². The van der Waals surface area contributed by atoms with Gasteiger partial charge < -0.3 is 31.1 Å². The van der Waals surface area contributed by atoms with Gasteiger partial charge in [-0.1, -0.05) is 0 Å². The summed E-state index contributed by atoms with van der Waals surface area (Å²) in [6.07, 6.45) is 2.81. The van der Waals surface area contributed by atoms with Crippen molar-refractivity contribution in [1.29, 1.82) is 5.41 Å². The van der Waals surface area contributed by atoms with Crippen LogP contribution in [0.3, 0.4) is 0 Å². The van der Waals surface area contributed by atoms with Gasteiger partial charge in [0.25, 0.3) is 0 Å². The van der Waals surface area contributed by atoms with Crippen molar-refractivity contribution in [2.75, 3.05) is 25.4 Å². The first-order valence-electron chi connectivity index (χ1n) is 11.1. The summed E-state index contributed by atoms with van der Waals surface area (Å²) in [4.78, 5) is 13.6. The minimum Gasteiger partial charge on any atom is -0.496 e. The number of nitrogen functional groups attached to an aromatic ring is 1. The Morgan fingerprint density at radius 1 is 1.24 bits per heavy atom. The SMILES string of the molecule is N=Cc1cc2c(cc1N)c1c(n2-c2ccc(F)cc2)C2CCOC3=C2C(C1)CN(C(N)=O)C3. The van der Waals surface area contributed by atoms with Crippen molar-refractivity contribution < 1.29 is 13.9 Å². The molecule has 3 aromatic rings. The van der Waals surface area contributed by atoms with Crippen LogP contribution >= 0.6 is 0 Å². The van der Waals surface area contributed by atoms with E-state index in [4.69, 9.17) is 21.6 Å². The van der Waals surface area contributed by atoms with E-state index in [2.05, 4.69) is 4.57 Å². The maximum Gasteiger partial charge on any atom is 0.315 e. The van der Waals surface area contributed by atoms with E-state index in [0.29, 0.717) is 30.9 Å². The largest absolute Gasteiger partial charge is 0.496 e. The van der Waals surface area contributed by atoms with Crippen LogP contribution in [0.1, 0.15) is 29.2 Å². The standard InChI is InChI=1S/C25H24FN5O2/c26-15-1-3-16(4-2-15)31-21-8-13(10-27)20(28)9-18(21)19-7-14-11-30(25(29)32)12-22-23(14)17(24(19)31)5-6-33-22/h1-4,8-10,14,17,27H,5-7,11-12,28H2,(H2,29,32). The molecule has 0 bridgehead atoms. The number of benzene rings is 2. The number of carbonyl (C=O) groups is 1. The zero-order valence-corrected chi connectivity index (χ0v) is 18.0. The predicted octanol–water partition coefficient (Wildman–Crippen LogP) is 3.67. The fraction of sp³-hybridized carbons (Fsp3) is 0.280. The molecular weight excluding hydrogens is 421 g/mol. The molecule has 7 nitrogen and oxygen atoms in total. The van der Waals surface area contributed by atoms with E-state index in [1.54, 1.807) is 17.0 Å². The van der Waals surface area contributed by atoms with Crippen LogP contribution in [-0.4, -0.2) is 41.4 Å². The number of urea groups is 1. The lowest BCUT2D eigenvalue weighted by Gasteiger charge is -2.44. The number of hydrogen-bond acceptors (Lipinski definition) is 4. The lowest BCUT2D eigenvalue weighted by atomic mass is 9.71. The molecule has 6 rings (SSSR count). The Morgan fingerprint density at radius 2 is 2.03 bits per heavy atom. The molecular formula is C25H24FN5O2. The number of hydrogen-bond donors (Lipinski definition) is 3. The number of carbonyl (C=O) groups excluding carboxylic acids is 1. The molecule has 0 saturated heterocycles. The fourth-order valence-electron chi connectivity index (χ4n) is 5.88. The van der Waals surface area contributed by atoms with Gasteiger partial charge in [0.2, 0.25) is 0 Å². The molecule has 2 atom stereocenters. The van der Waals surface area contributed by atoms with Crippen LogP contribution < -0.4 is 11.5 Å². The Morgan fingerprint density at radius 3 is 2.76 bits per heavy atom. The van der Waals surface area contributed by atoms with Crippen LogP contribution in [0.5, 0.6) is 0 Å². The molecule has 0 radical (unpaired) electrons. The molecule has 0 spiro atoms. The number of fused-ring (bicyclic) bond motifs is 4. The van der Waals surface area contributed by atoms with Gasteiger partial charge in [0.15, 0.2) is 0 Å². The molecule has 0 saturated carbocycles. The number of primary amides is 1. The molecule has 8 heteroatoms. The zero-order chi connectivity index (χ0) is 22.9. The smallest absolute Gasteiger partial charge is 0.315 e. The molecule has 1 aliphatic carbocycles. The molecule has 2 amide bonds. The van der Waals surface area contributed by atoms with E-state index in [1.807, 2.05) is 12.1 Å². The van der Waals surface area contributed by atoms with Crippen LogP contribution in [0, 0.1) is 17.1 Å². The highest BCUT2D eigenvalue weighted by molar-refractivity contribution is 5.98. The van der Waals surface area contributed by atoms with E-state index in [9.17, 15) is 9.18 Å². The first-order valence-corrected chi connectivity index (χ1v) is 11.1. The summed E-state index contributed by atoms with van der Waals surface area (Å²) in [5, 5.41) is 8.82. The number of anilines is 1. The molecule has 5 N–H and O–H groups in total. The second kappa shape index (κ2) is 7.10. The van der Waals surface area contributed by atoms with E-state index in [-0.39, 0.29) is 17.7 Å². The number of rotatable bonds is 2. The molecule has 1 aromatic heterocycles. The van der Waals surface area contributed by atoms with Gasteiger partial charge in [-0.05, 0) is 60.4 Å². The zero-order valence-electron chi connectivity index (χ0n) is 18.0. The normalized spacial score (nSPS) is 21.4. The number of nitrogens with zero attached hydrogens (tertiary/aromatic N) is 2. The maximum absolute atomic E-state index is 13.8. The predicted molar refractivity (Wildman–Crippen MR) is 124 cm³/mol. The van der Waals surface area contributed by atoms with Crippen molar-refractivity contribution in [1.82, 2.24) is 9.47 Å². The average Bonchev–Trinajstić information content (AvgIpc) is 3.12. The van der Waals surface area contributed by atoms with E-state index < -0.39 is 6.03 Å². The Labute approximate surface area is 189 Å². The Balaban J connectivity index is 1.65. The second-order valence-corrected chi connectivity index (χ2v) is 9.01. The molecule has 2 aliphatic heterocycles. The first kappa shape index (κ1) is 19.8. The number of halogens is 1. The van der Waals surface area contributed by atoms with Gasteiger partial charge >= 0.3 is 6.03 Å². The fourth-order valence-corrected chi connectivity index (χ4v) is 5.88.